The Balaban J connectivity index is 1.25. The molecule has 8 aromatic rings. The lowest BCUT2D eigenvalue weighted by Gasteiger charge is -2.15. The summed E-state index contributed by atoms with van der Waals surface area (Å²) >= 11 is 0. The number of benzene rings is 4. The highest BCUT2D eigenvalue weighted by Crippen LogP contribution is 2.36. The summed E-state index contributed by atoms with van der Waals surface area (Å²) in [5.74, 6) is 0. The monoisotopic (exact) mass is 514 g/mol. The molecule has 0 atom stereocenters. The van der Waals surface area contributed by atoms with Crippen molar-refractivity contribution in [2.24, 2.45) is 0 Å². The van der Waals surface area contributed by atoms with Gasteiger partial charge < -0.3 is 9.13 Å². The molecule has 0 fully saturated rings. The summed E-state index contributed by atoms with van der Waals surface area (Å²) in [6.07, 6.45) is 7.67. The highest BCUT2D eigenvalue weighted by Gasteiger charge is 2.16. The standard InChI is InChI=1S/C36H26N4/c1-23-19-25(39-33-9-5-3-7-29(33)31-15-17-37-21-35(31)39)11-13-27(23)28-14-12-26(20-24(28)2)40-34-10-6-4-8-30(34)32-16-18-38-22-36(32)40/h3-22H,1-2H3. The number of rotatable bonds is 3. The van der Waals surface area contributed by atoms with Gasteiger partial charge in [-0.25, -0.2) is 0 Å². The Kier molecular flexibility index (Phi) is 4.92. The third kappa shape index (κ3) is 3.26. The van der Waals surface area contributed by atoms with E-state index in [1.165, 1.54) is 54.8 Å². The smallest absolute Gasteiger partial charge is 0.0724 e. The van der Waals surface area contributed by atoms with E-state index in [2.05, 4.69) is 130 Å². The van der Waals surface area contributed by atoms with Crippen LogP contribution in [0.2, 0.25) is 0 Å². The molecule has 0 saturated heterocycles. The van der Waals surface area contributed by atoms with Crippen LogP contribution in [0.4, 0.5) is 0 Å². The van der Waals surface area contributed by atoms with Gasteiger partial charge in [-0.15, -0.1) is 0 Å². The first-order valence-corrected chi connectivity index (χ1v) is 13.6. The molecule has 0 spiro atoms. The van der Waals surface area contributed by atoms with Crippen molar-refractivity contribution in [3.05, 3.63) is 133 Å². The van der Waals surface area contributed by atoms with Crippen molar-refractivity contribution in [1.82, 2.24) is 19.1 Å². The quantitative estimate of drug-likeness (QED) is 0.236. The van der Waals surface area contributed by atoms with Gasteiger partial charge >= 0.3 is 0 Å². The van der Waals surface area contributed by atoms with E-state index in [1.54, 1.807) is 0 Å². The van der Waals surface area contributed by atoms with Crippen molar-refractivity contribution in [3.63, 3.8) is 0 Å². The summed E-state index contributed by atoms with van der Waals surface area (Å²) in [5.41, 5.74) is 11.9. The maximum absolute atomic E-state index is 4.43. The molecule has 4 aromatic heterocycles. The number of fused-ring (bicyclic) bond motifs is 6. The lowest BCUT2D eigenvalue weighted by molar-refractivity contribution is 1.15. The van der Waals surface area contributed by atoms with Crippen molar-refractivity contribution in [2.45, 2.75) is 13.8 Å². The van der Waals surface area contributed by atoms with Crippen LogP contribution in [-0.4, -0.2) is 19.1 Å². The molecular weight excluding hydrogens is 488 g/mol. The highest BCUT2D eigenvalue weighted by atomic mass is 15.0. The molecule has 0 aliphatic carbocycles. The third-order valence-electron chi connectivity index (χ3n) is 8.18. The number of para-hydroxylation sites is 2. The summed E-state index contributed by atoms with van der Waals surface area (Å²) in [4.78, 5) is 8.87. The largest absolute Gasteiger partial charge is 0.308 e. The zero-order chi connectivity index (χ0) is 26.8. The normalized spacial score (nSPS) is 11.8. The van der Waals surface area contributed by atoms with Gasteiger partial charge in [0, 0.05) is 45.3 Å². The Morgan fingerprint density at radius 3 is 1.32 bits per heavy atom. The van der Waals surface area contributed by atoms with E-state index in [1.807, 2.05) is 24.8 Å². The van der Waals surface area contributed by atoms with Gasteiger partial charge in [-0.05, 0) is 84.6 Å². The summed E-state index contributed by atoms with van der Waals surface area (Å²) in [5, 5.41) is 4.93. The minimum atomic E-state index is 1.12. The summed E-state index contributed by atoms with van der Waals surface area (Å²) in [6.45, 7) is 4.41. The second-order valence-electron chi connectivity index (χ2n) is 10.5. The highest BCUT2D eigenvalue weighted by molar-refractivity contribution is 6.09. The summed E-state index contributed by atoms with van der Waals surface area (Å²) in [7, 11) is 0. The molecule has 0 unspecified atom stereocenters. The molecule has 0 N–H and O–H groups in total. The second kappa shape index (κ2) is 8.65. The van der Waals surface area contributed by atoms with Crippen LogP contribution in [0.5, 0.6) is 0 Å². The number of hydrogen-bond acceptors (Lipinski definition) is 2. The van der Waals surface area contributed by atoms with Gasteiger partial charge in [0.2, 0.25) is 0 Å². The van der Waals surface area contributed by atoms with Crippen LogP contribution < -0.4 is 0 Å². The number of hydrogen-bond donors (Lipinski definition) is 0. The van der Waals surface area contributed by atoms with E-state index >= 15 is 0 Å². The molecule has 4 aromatic carbocycles. The van der Waals surface area contributed by atoms with Crippen LogP contribution in [0, 0.1) is 13.8 Å². The summed E-state index contributed by atoms with van der Waals surface area (Å²) < 4.78 is 4.64. The van der Waals surface area contributed by atoms with Crippen molar-refractivity contribution in [3.8, 4) is 22.5 Å². The van der Waals surface area contributed by atoms with E-state index in [0.717, 1.165) is 22.4 Å². The lowest BCUT2D eigenvalue weighted by atomic mass is 9.95. The molecular formula is C36H26N4. The lowest BCUT2D eigenvalue weighted by Crippen LogP contribution is -1.98. The first kappa shape index (κ1) is 22.7. The average Bonchev–Trinajstić information content (AvgIpc) is 3.51. The van der Waals surface area contributed by atoms with Gasteiger partial charge in [-0.1, -0.05) is 48.5 Å². The Morgan fingerprint density at radius 1 is 0.450 bits per heavy atom. The Morgan fingerprint density at radius 2 is 0.875 bits per heavy atom. The maximum Gasteiger partial charge on any atom is 0.0724 e. The molecule has 0 aliphatic rings. The predicted molar refractivity (Wildman–Crippen MR) is 166 cm³/mol. The Labute approximate surface area is 231 Å². The van der Waals surface area contributed by atoms with Gasteiger partial charge in [0.15, 0.2) is 0 Å². The first-order chi connectivity index (χ1) is 19.7. The van der Waals surface area contributed by atoms with E-state index in [0.29, 0.717) is 0 Å². The van der Waals surface area contributed by atoms with E-state index in [4.69, 9.17) is 0 Å². The molecule has 0 aliphatic heterocycles. The minimum Gasteiger partial charge on any atom is -0.308 e. The predicted octanol–water partition coefficient (Wildman–Crippen LogP) is 8.95. The SMILES string of the molecule is Cc1cc(-n2c3ccccc3c3ccncc32)ccc1-c1ccc(-n2c3ccccc3c3ccncc32)cc1C. The topological polar surface area (TPSA) is 35.6 Å². The zero-order valence-corrected chi connectivity index (χ0v) is 22.3. The zero-order valence-electron chi connectivity index (χ0n) is 22.3. The van der Waals surface area contributed by atoms with Crippen molar-refractivity contribution in [2.75, 3.05) is 0 Å². The molecule has 190 valence electrons. The Bertz CT molecular complexity index is 1980. The van der Waals surface area contributed by atoms with Gasteiger partial charge in [0.25, 0.3) is 0 Å². The second-order valence-corrected chi connectivity index (χ2v) is 10.5. The molecule has 0 radical (unpaired) electrons. The Hall–Kier alpha value is -5.22. The fourth-order valence-electron chi connectivity index (χ4n) is 6.37. The van der Waals surface area contributed by atoms with E-state index in [-0.39, 0.29) is 0 Å². The molecule has 0 amide bonds. The molecule has 4 heteroatoms. The van der Waals surface area contributed by atoms with Gasteiger partial charge in [-0.3, -0.25) is 9.97 Å². The van der Waals surface area contributed by atoms with Gasteiger partial charge in [-0.2, -0.15) is 0 Å². The number of aryl methyl sites for hydroxylation is 2. The molecule has 40 heavy (non-hydrogen) atoms. The van der Waals surface area contributed by atoms with Gasteiger partial charge in [0.1, 0.15) is 0 Å². The minimum absolute atomic E-state index is 1.12. The molecule has 0 bridgehead atoms. The van der Waals surface area contributed by atoms with Crippen molar-refractivity contribution < 1.29 is 0 Å². The van der Waals surface area contributed by atoms with Crippen LogP contribution in [-0.2, 0) is 0 Å². The van der Waals surface area contributed by atoms with Crippen molar-refractivity contribution in [1.29, 1.82) is 0 Å². The van der Waals surface area contributed by atoms with Crippen LogP contribution in [0.15, 0.2) is 122 Å². The molecule has 0 saturated carbocycles. The first-order valence-electron chi connectivity index (χ1n) is 13.6. The molecule has 8 rings (SSSR count). The molecule has 4 heterocycles. The van der Waals surface area contributed by atoms with Crippen LogP contribution in [0.3, 0.4) is 0 Å². The van der Waals surface area contributed by atoms with Gasteiger partial charge in [0.05, 0.1) is 34.5 Å². The maximum atomic E-state index is 4.43. The number of aromatic nitrogens is 4. The van der Waals surface area contributed by atoms with E-state index in [9.17, 15) is 0 Å². The van der Waals surface area contributed by atoms with Crippen LogP contribution in [0.25, 0.3) is 66.1 Å². The average molecular weight is 515 g/mol. The van der Waals surface area contributed by atoms with Crippen LogP contribution >= 0.6 is 0 Å². The fraction of sp³-hybridized carbons (Fsp3) is 0.0556. The summed E-state index contributed by atoms with van der Waals surface area (Å²) in [6, 6.07) is 34.9. The van der Waals surface area contributed by atoms with E-state index < -0.39 is 0 Å². The third-order valence-corrected chi connectivity index (χ3v) is 8.18. The van der Waals surface area contributed by atoms with Crippen LogP contribution in [0.1, 0.15) is 11.1 Å². The molecule has 4 nitrogen and oxygen atoms in total. The number of pyridine rings is 2. The fourth-order valence-corrected chi connectivity index (χ4v) is 6.37. The number of nitrogens with zero attached hydrogens (tertiary/aromatic N) is 4. The van der Waals surface area contributed by atoms with Crippen molar-refractivity contribution >= 4 is 43.6 Å².